The Balaban J connectivity index is 1.45. The highest BCUT2D eigenvalue weighted by Crippen LogP contribution is 2.26. The average Bonchev–Trinajstić information content (AvgIpc) is 3.28. The molecule has 0 amide bonds. The van der Waals surface area contributed by atoms with Gasteiger partial charge in [-0.05, 0) is 47.1 Å². The summed E-state index contributed by atoms with van der Waals surface area (Å²) in [6.07, 6.45) is 4.38. The summed E-state index contributed by atoms with van der Waals surface area (Å²) < 4.78 is 0. The molecule has 1 fully saturated rings. The smallest absolute Gasteiger partial charge is 0.157 e. The number of hydrogen-bond donors (Lipinski definition) is 0. The van der Waals surface area contributed by atoms with E-state index in [-0.39, 0.29) is 0 Å². The number of nitrogens with zero attached hydrogens (tertiary/aromatic N) is 6. The SMILES string of the molecule is CC(C)Cc1ccc(C2=NC(c3ccc(CN4CC(C)C4)c4nccnc34)=NC2)cc1C#N. The van der Waals surface area contributed by atoms with Gasteiger partial charge in [0.1, 0.15) is 0 Å². The molecule has 0 N–H and O–H groups in total. The van der Waals surface area contributed by atoms with Crippen molar-refractivity contribution in [3.8, 4) is 6.07 Å². The van der Waals surface area contributed by atoms with Crippen molar-refractivity contribution in [3.05, 3.63) is 70.5 Å². The summed E-state index contributed by atoms with van der Waals surface area (Å²) in [4.78, 5) is 21.3. The maximum Gasteiger partial charge on any atom is 0.157 e. The maximum absolute atomic E-state index is 9.63. The number of likely N-dealkylation sites (tertiary alicyclic amines) is 1. The molecule has 166 valence electrons. The lowest BCUT2D eigenvalue weighted by atomic mass is 9.95. The number of aliphatic imine (C=N–C) groups is 2. The van der Waals surface area contributed by atoms with Gasteiger partial charge in [0.2, 0.25) is 0 Å². The van der Waals surface area contributed by atoms with E-state index in [9.17, 15) is 5.26 Å². The Labute approximate surface area is 194 Å². The fourth-order valence-corrected chi connectivity index (χ4v) is 4.75. The minimum absolute atomic E-state index is 0.499. The van der Waals surface area contributed by atoms with Crippen molar-refractivity contribution in [2.75, 3.05) is 19.6 Å². The lowest BCUT2D eigenvalue weighted by Gasteiger charge is -2.37. The molecule has 0 unspecified atom stereocenters. The van der Waals surface area contributed by atoms with Gasteiger partial charge in [0.25, 0.3) is 0 Å². The third kappa shape index (κ3) is 4.29. The topological polar surface area (TPSA) is 77.5 Å². The predicted octanol–water partition coefficient (Wildman–Crippen LogP) is 4.40. The van der Waals surface area contributed by atoms with Crippen LogP contribution in [0.15, 0.2) is 52.7 Å². The normalized spacial score (nSPS) is 16.6. The molecule has 0 radical (unpaired) electrons. The molecule has 1 saturated heterocycles. The van der Waals surface area contributed by atoms with Crippen molar-refractivity contribution in [1.82, 2.24) is 14.9 Å². The fraction of sp³-hybridized carbons (Fsp3) is 0.370. The molecule has 0 aliphatic carbocycles. The summed E-state index contributed by atoms with van der Waals surface area (Å²) in [6.45, 7) is 10.3. The van der Waals surface area contributed by atoms with Crippen LogP contribution < -0.4 is 0 Å². The van der Waals surface area contributed by atoms with E-state index in [1.54, 1.807) is 12.4 Å². The molecule has 2 aromatic carbocycles. The van der Waals surface area contributed by atoms with Gasteiger partial charge in [0.15, 0.2) is 5.84 Å². The zero-order chi connectivity index (χ0) is 22.9. The van der Waals surface area contributed by atoms with Gasteiger partial charge in [-0.3, -0.25) is 19.9 Å². The van der Waals surface area contributed by atoms with Gasteiger partial charge in [0.05, 0.1) is 34.9 Å². The van der Waals surface area contributed by atoms with Crippen molar-refractivity contribution in [2.45, 2.75) is 33.7 Å². The zero-order valence-corrected chi connectivity index (χ0v) is 19.4. The Hall–Kier alpha value is -3.43. The van der Waals surface area contributed by atoms with Crippen molar-refractivity contribution in [3.63, 3.8) is 0 Å². The summed E-state index contributed by atoms with van der Waals surface area (Å²) in [5.41, 5.74) is 7.51. The number of fused-ring (bicyclic) bond motifs is 1. The largest absolute Gasteiger partial charge is 0.298 e. The van der Waals surface area contributed by atoms with Crippen LogP contribution in [0.2, 0.25) is 0 Å². The molecule has 0 bridgehead atoms. The van der Waals surface area contributed by atoms with Crippen LogP contribution in [0.1, 0.15) is 48.6 Å². The van der Waals surface area contributed by atoms with Gasteiger partial charge >= 0.3 is 0 Å². The van der Waals surface area contributed by atoms with Crippen LogP contribution in [0.3, 0.4) is 0 Å². The van der Waals surface area contributed by atoms with Crippen LogP contribution in [-0.4, -0.2) is 46.0 Å². The molecular formula is C27H28N6. The van der Waals surface area contributed by atoms with E-state index in [2.05, 4.69) is 66.0 Å². The number of rotatable bonds is 6. The molecule has 5 rings (SSSR count). The third-order valence-corrected chi connectivity index (χ3v) is 6.29. The zero-order valence-electron chi connectivity index (χ0n) is 19.4. The molecule has 2 aliphatic heterocycles. The summed E-state index contributed by atoms with van der Waals surface area (Å²) in [5, 5.41) is 9.63. The van der Waals surface area contributed by atoms with E-state index in [4.69, 9.17) is 9.98 Å². The highest BCUT2D eigenvalue weighted by molar-refractivity contribution is 6.20. The first-order valence-corrected chi connectivity index (χ1v) is 11.6. The van der Waals surface area contributed by atoms with Crippen LogP contribution in [0, 0.1) is 23.2 Å². The van der Waals surface area contributed by atoms with Crippen molar-refractivity contribution in [2.24, 2.45) is 21.8 Å². The molecule has 33 heavy (non-hydrogen) atoms. The first-order valence-electron chi connectivity index (χ1n) is 11.6. The molecular weight excluding hydrogens is 408 g/mol. The molecule has 3 heterocycles. The second kappa shape index (κ2) is 8.84. The molecule has 2 aliphatic rings. The Morgan fingerprint density at radius 3 is 2.55 bits per heavy atom. The predicted molar refractivity (Wildman–Crippen MR) is 132 cm³/mol. The summed E-state index contributed by atoms with van der Waals surface area (Å²) in [6, 6.07) is 12.6. The Bertz CT molecular complexity index is 1310. The van der Waals surface area contributed by atoms with Gasteiger partial charge in [-0.1, -0.05) is 39.0 Å². The number of benzene rings is 2. The quantitative estimate of drug-likeness (QED) is 0.574. The molecule has 0 spiro atoms. The minimum Gasteiger partial charge on any atom is -0.298 e. The molecule has 0 atom stereocenters. The second-order valence-corrected chi connectivity index (χ2v) is 9.61. The number of amidine groups is 1. The fourth-order valence-electron chi connectivity index (χ4n) is 4.75. The van der Waals surface area contributed by atoms with Gasteiger partial charge in [0, 0.05) is 37.6 Å². The average molecular weight is 437 g/mol. The van der Waals surface area contributed by atoms with E-state index in [1.807, 2.05) is 6.07 Å². The van der Waals surface area contributed by atoms with Crippen LogP contribution in [-0.2, 0) is 13.0 Å². The van der Waals surface area contributed by atoms with E-state index in [0.717, 1.165) is 71.0 Å². The molecule has 6 nitrogen and oxygen atoms in total. The molecule has 3 aromatic rings. The highest BCUT2D eigenvalue weighted by atomic mass is 15.2. The lowest BCUT2D eigenvalue weighted by molar-refractivity contribution is 0.105. The van der Waals surface area contributed by atoms with Crippen molar-refractivity contribution >= 4 is 22.6 Å². The second-order valence-electron chi connectivity index (χ2n) is 9.61. The van der Waals surface area contributed by atoms with E-state index >= 15 is 0 Å². The summed E-state index contributed by atoms with van der Waals surface area (Å²) >= 11 is 0. The van der Waals surface area contributed by atoms with Gasteiger partial charge in [-0.25, -0.2) is 4.99 Å². The maximum atomic E-state index is 9.63. The van der Waals surface area contributed by atoms with E-state index in [0.29, 0.717) is 18.3 Å². The van der Waals surface area contributed by atoms with Crippen LogP contribution in [0.5, 0.6) is 0 Å². The van der Waals surface area contributed by atoms with E-state index < -0.39 is 0 Å². The van der Waals surface area contributed by atoms with Gasteiger partial charge in [-0.15, -0.1) is 0 Å². The Morgan fingerprint density at radius 1 is 1.06 bits per heavy atom. The Kier molecular flexibility index (Phi) is 5.74. The number of hydrogen-bond acceptors (Lipinski definition) is 6. The Morgan fingerprint density at radius 2 is 1.82 bits per heavy atom. The standard InChI is InChI=1S/C27H28N6/c1-17(2)10-19-4-5-20(11-22(19)12-28)24-13-31-27(32-24)23-7-6-21(16-33-14-18(3)15-33)25-26(23)30-9-8-29-25/h4-9,11,17-18H,10,13-16H2,1-3H3. The van der Waals surface area contributed by atoms with Gasteiger partial charge < -0.3 is 0 Å². The monoisotopic (exact) mass is 436 g/mol. The van der Waals surface area contributed by atoms with Crippen molar-refractivity contribution in [1.29, 1.82) is 5.26 Å². The van der Waals surface area contributed by atoms with Crippen LogP contribution in [0.4, 0.5) is 0 Å². The summed E-state index contributed by atoms with van der Waals surface area (Å²) in [5.74, 6) is 1.95. The molecule has 0 saturated carbocycles. The van der Waals surface area contributed by atoms with Crippen molar-refractivity contribution < 1.29 is 0 Å². The molecule has 1 aromatic heterocycles. The minimum atomic E-state index is 0.499. The summed E-state index contributed by atoms with van der Waals surface area (Å²) in [7, 11) is 0. The van der Waals surface area contributed by atoms with Crippen LogP contribution in [0.25, 0.3) is 11.0 Å². The van der Waals surface area contributed by atoms with Gasteiger partial charge in [-0.2, -0.15) is 5.26 Å². The van der Waals surface area contributed by atoms with E-state index in [1.165, 1.54) is 5.56 Å². The number of aromatic nitrogens is 2. The number of nitriles is 1. The lowest BCUT2D eigenvalue weighted by Crippen LogP contribution is -2.44. The first-order chi connectivity index (χ1) is 16.0. The molecule has 6 heteroatoms. The highest BCUT2D eigenvalue weighted by Gasteiger charge is 2.24. The first kappa shape index (κ1) is 21.4. The third-order valence-electron chi connectivity index (χ3n) is 6.29. The van der Waals surface area contributed by atoms with Crippen LogP contribution >= 0.6 is 0 Å².